The zero-order valence-corrected chi connectivity index (χ0v) is 20.0. The maximum absolute atomic E-state index is 13.4. The molecular weight excluding hydrogens is 458 g/mol. The van der Waals surface area contributed by atoms with Gasteiger partial charge in [-0.05, 0) is 74.4 Å². The SMILES string of the molecule is CCOc1ccc(C(=O)c2oc3ccccc3c2NC(=O)c2cc(=O)c3cc(C)cc(C)c3o2)cc1. The Morgan fingerprint density at radius 2 is 1.67 bits per heavy atom. The van der Waals surface area contributed by atoms with Crippen LogP contribution in [0.1, 0.15) is 44.7 Å². The van der Waals surface area contributed by atoms with E-state index in [2.05, 4.69) is 5.32 Å². The highest BCUT2D eigenvalue weighted by Crippen LogP contribution is 2.33. The number of nitrogens with one attached hydrogen (secondary N) is 1. The molecule has 36 heavy (non-hydrogen) atoms. The molecular formula is C29H23NO6. The monoisotopic (exact) mass is 481 g/mol. The van der Waals surface area contributed by atoms with Gasteiger partial charge in [-0.1, -0.05) is 18.2 Å². The van der Waals surface area contributed by atoms with Crippen LogP contribution in [-0.4, -0.2) is 18.3 Å². The molecule has 0 radical (unpaired) electrons. The van der Waals surface area contributed by atoms with Gasteiger partial charge in [-0.15, -0.1) is 0 Å². The lowest BCUT2D eigenvalue weighted by Crippen LogP contribution is -2.17. The number of aryl methyl sites for hydroxylation is 2. The molecule has 0 saturated heterocycles. The van der Waals surface area contributed by atoms with Crippen molar-refractivity contribution >= 4 is 39.3 Å². The van der Waals surface area contributed by atoms with E-state index in [1.165, 1.54) is 0 Å². The van der Waals surface area contributed by atoms with Crippen LogP contribution in [0.3, 0.4) is 0 Å². The van der Waals surface area contributed by atoms with Crippen LogP contribution in [-0.2, 0) is 0 Å². The number of benzene rings is 3. The van der Waals surface area contributed by atoms with Gasteiger partial charge in [0.1, 0.15) is 16.9 Å². The van der Waals surface area contributed by atoms with Crippen molar-refractivity contribution in [1.29, 1.82) is 0 Å². The number of ether oxygens (including phenoxy) is 1. The second-order valence-electron chi connectivity index (χ2n) is 8.48. The summed E-state index contributed by atoms with van der Waals surface area (Å²) in [5, 5.41) is 3.70. The Morgan fingerprint density at radius 3 is 2.42 bits per heavy atom. The highest BCUT2D eigenvalue weighted by molar-refractivity contribution is 6.18. The minimum absolute atomic E-state index is 0.0244. The predicted molar refractivity (Wildman–Crippen MR) is 137 cm³/mol. The van der Waals surface area contributed by atoms with E-state index >= 15 is 0 Å². The van der Waals surface area contributed by atoms with Gasteiger partial charge < -0.3 is 18.9 Å². The van der Waals surface area contributed by atoms with E-state index in [-0.39, 0.29) is 22.6 Å². The summed E-state index contributed by atoms with van der Waals surface area (Å²) in [5.41, 5.74) is 2.71. The summed E-state index contributed by atoms with van der Waals surface area (Å²) in [6, 6.07) is 18.4. The van der Waals surface area contributed by atoms with Gasteiger partial charge in [0.2, 0.25) is 5.78 Å². The molecule has 0 spiro atoms. The highest BCUT2D eigenvalue weighted by Gasteiger charge is 2.25. The number of furan rings is 1. The summed E-state index contributed by atoms with van der Waals surface area (Å²) in [5.74, 6) is -0.617. The number of para-hydroxylation sites is 1. The molecule has 5 aromatic rings. The normalized spacial score (nSPS) is 11.1. The molecule has 0 aliphatic carbocycles. The van der Waals surface area contributed by atoms with Crippen LogP contribution in [0.5, 0.6) is 5.75 Å². The van der Waals surface area contributed by atoms with Crippen molar-refractivity contribution in [3.8, 4) is 5.75 Å². The maximum atomic E-state index is 13.4. The minimum Gasteiger partial charge on any atom is -0.494 e. The molecule has 0 aliphatic rings. The maximum Gasteiger partial charge on any atom is 0.291 e. The average molecular weight is 482 g/mol. The fourth-order valence-corrected chi connectivity index (χ4v) is 4.23. The lowest BCUT2D eigenvalue weighted by Gasteiger charge is -2.08. The molecule has 0 saturated carbocycles. The fourth-order valence-electron chi connectivity index (χ4n) is 4.23. The standard InChI is InChI=1S/C29H23NO6/c1-4-34-19-11-9-18(10-12-19)26(32)28-25(20-7-5-6-8-23(20)35-28)30-29(33)24-15-22(31)21-14-16(2)13-17(3)27(21)36-24/h5-15H,4H2,1-3H3,(H,30,33). The van der Waals surface area contributed by atoms with Gasteiger partial charge in [-0.2, -0.15) is 0 Å². The summed E-state index contributed by atoms with van der Waals surface area (Å²) >= 11 is 0. The smallest absolute Gasteiger partial charge is 0.291 e. The van der Waals surface area contributed by atoms with E-state index in [1.54, 1.807) is 54.6 Å². The summed E-state index contributed by atoms with van der Waals surface area (Å²) in [6.45, 7) is 6.09. The molecule has 3 aromatic carbocycles. The van der Waals surface area contributed by atoms with Crippen LogP contribution in [0, 0.1) is 13.8 Å². The largest absolute Gasteiger partial charge is 0.494 e. The number of fused-ring (bicyclic) bond motifs is 2. The van der Waals surface area contributed by atoms with Crippen LogP contribution >= 0.6 is 0 Å². The van der Waals surface area contributed by atoms with Crippen molar-refractivity contribution in [1.82, 2.24) is 0 Å². The second kappa shape index (κ2) is 9.19. The fraction of sp³-hybridized carbons (Fsp3) is 0.138. The van der Waals surface area contributed by atoms with Crippen LogP contribution in [0.2, 0.25) is 0 Å². The molecule has 180 valence electrons. The Morgan fingerprint density at radius 1 is 0.917 bits per heavy atom. The molecule has 0 bridgehead atoms. The molecule has 0 fully saturated rings. The van der Waals surface area contributed by atoms with Crippen LogP contribution in [0.4, 0.5) is 5.69 Å². The number of rotatable bonds is 6. The zero-order chi connectivity index (χ0) is 25.4. The van der Waals surface area contributed by atoms with E-state index in [0.29, 0.717) is 39.9 Å². The van der Waals surface area contributed by atoms with E-state index in [0.717, 1.165) is 17.2 Å². The Labute approximate surface area is 206 Å². The van der Waals surface area contributed by atoms with E-state index in [1.807, 2.05) is 26.8 Å². The molecule has 2 aromatic heterocycles. The number of hydrogen-bond acceptors (Lipinski definition) is 6. The molecule has 1 N–H and O–H groups in total. The zero-order valence-electron chi connectivity index (χ0n) is 20.0. The third-order valence-corrected chi connectivity index (χ3v) is 5.85. The average Bonchev–Trinajstić information content (AvgIpc) is 3.23. The molecule has 1 amide bonds. The predicted octanol–water partition coefficient (Wildman–Crippen LogP) is 6.04. The highest BCUT2D eigenvalue weighted by atomic mass is 16.5. The Bertz CT molecular complexity index is 1690. The number of carbonyl (C=O) groups excluding carboxylic acids is 2. The van der Waals surface area contributed by atoms with E-state index in [4.69, 9.17) is 13.6 Å². The number of carbonyl (C=O) groups is 2. The third-order valence-electron chi connectivity index (χ3n) is 5.85. The Kier molecular flexibility index (Phi) is 5.90. The summed E-state index contributed by atoms with van der Waals surface area (Å²) in [7, 11) is 0. The van der Waals surface area contributed by atoms with Gasteiger partial charge >= 0.3 is 0 Å². The molecule has 7 nitrogen and oxygen atoms in total. The summed E-state index contributed by atoms with van der Waals surface area (Å²) in [4.78, 5) is 39.3. The van der Waals surface area contributed by atoms with Gasteiger partial charge in [0, 0.05) is 17.0 Å². The first-order valence-electron chi connectivity index (χ1n) is 11.5. The molecule has 0 unspecified atom stereocenters. The van der Waals surface area contributed by atoms with Gasteiger partial charge in [-0.25, -0.2) is 0 Å². The minimum atomic E-state index is -0.665. The first-order valence-corrected chi connectivity index (χ1v) is 11.5. The van der Waals surface area contributed by atoms with E-state index < -0.39 is 11.7 Å². The topological polar surface area (TPSA) is 98.7 Å². The number of hydrogen-bond donors (Lipinski definition) is 1. The second-order valence-corrected chi connectivity index (χ2v) is 8.48. The molecule has 0 aliphatic heterocycles. The van der Waals surface area contributed by atoms with Crippen molar-refractivity contribution in [2.24, 2.45) is 0 Å². The first kappa shape index (κ1) is 23.1. The van der Waals surface area contributed by atoms with E-state index in [9.17, 15) is 14.4 Å². The van der Waals surface area contributed by atoms with Crippen molar-refractivity contribution in [2.75, 3.05) is 11.9 Å². The summed E-state index contributed by atoms with van der Waals surface area (Å²) < 4.78 is 17.1. The lowest BCUT2D eigenvalue weighted by molar-refractivity contribution is 0.0997. The van der Waals surface area contributed by atoms with Gasteiger partial charge in [-0.3, -0.25) is 14.4 Å². The third kappa shape index (κ3) is 4.15. The van der Waals surface area contributed by atoms with Gasteiger partial charge in [0.25, 0.3) is 5.91 Å². The molecule has 2 heterocycles. The Balaban J connectivity index is 1.55. The number of anilines is 1. The molecule has 5 rings (SSSR count). The number of ketones is 1. The first-order chi connectivity index (χ1) is 17.4. The van der Waals surface area contributed by atoms with Crippen LogP contribution in [0.25, 0.3) is 21.9 Å². The Hall–Kier alpha value is -4.65. The molecule has 0 atom stereocenters. The van der Waals surface area contributed by atoms with Crippen LogP contribution < -0.4 is 15.5 Å². The quantitative estimate of drug-likeness (QED) is 0.297. The van der Waals surface area contributed by atoms with Gasteiger partial charge in [0.05, 0.1) is 17.7 Å². The lowest BCUT2D eigenvalue weighted by atomic mass is 10.1. The summed E-state index contributed by atoms with van der Waals surface area (Å²) in [6.07, 6.45) is 0. The van der Waals surface area contributed by atoms with Crippen molar-refractivity contribution in [3.63, 3.8) is 0 Å². The van der Waals surface area contributed by atoms with Gasteiger partial charge in [0.15, 0.2) is 16.9 Å². The number of amides is 1. The van der Waals surface area contributed by atoms with Crippen molar-refractivity contribution in [3.05, 3.63) is 105 Å². The van der Waals surface area contributed by atoms with Crippen molar-refractivity contribution < 1.29 is 23.2 Å². The van der Waals surface area contributed by atoms with Crippen molar-refractivity contribution in [2.45, 2.75) is 20.8 Å². The molecule has 7 heteroatoms. The van der Waals surface area contributed by atoms with Crippen LogP contribution in [0.15, 0.2) is 80.4 Å².